The van der Waals surface area contributed by atoms with Crippen LogP contribution in [0.4, 0.5) is 5.69 Å². The van der Waals surface area contributed by atoms with E-state index in [9.17, 15) is 9.59 Å². The van der Waals surface area contributed by atoms with Gasteiger partial charge in [-0.25, -0.2) is 0 Å². The summed E-state index contributed by atoms with van der Waals surface area (Å²) in [5, 5.41) is 8.48. The molecule has 2 amide bonds. The monoisotopic (exact) mass is 405 g/mol. The second-order valence-corrected chi connectivity index (χ2v) is 6.27. The number of likely N-dealkylation sites (N-methyl/N-ethyl adjacent to an activating group) is 1. The number of ether oxygens (including phenoxy) is 1. The van der Waals surface area contributed by atoms with E-state index >= 15 is 0 Å². The summed E-state index contributed by atoms with van der Waals surface area (Å²) in [7, 11) is 1.73. The predicted octanol–water partition coefficient (Wildman–Crippen LogP) is 3.05. The second-order valence-electron chi connectivity index (χ2n) is 6.27. The number of hydrogen-bond donors (Lipinski definition) is 3. The molecule has 0 aromatic heterocycles. The first-order valence-electron chi connectivity index (χ1n) is 9.07. The lowest BCUT2D eigenvalue weighted by atomic mass is 10.2. The molecular weight excluding hydrogens is 378 g/mol. The number of anilines is 1. The molecule has 0 spiro atoms. The summed E-state index contributed by atoms with van der Waals surface area (Å²) in [6.07, 6.45) is 1.05. The SMILES string of the molecule is CNCC(=O)NCc1ccc(NC(=O)CCCOc2ccccc2C)cc1.Cl. The first kappa shape index (κ1) is 23.5. The van der Waals surface area contributed by atoms with Crippen LogP contribution in [0.3, 0.4) is 0 Å². The maximum absolute atomic E-state index is 12.0. The quantitative estimate of drug-likeness (QED) is 0.531. The van der Waals surface area contributed by atoms with Crippen molar-refractivity contribution in [2.24, 2.45) is 0 Å². The van der Waals surface area contributed by atoms with Gasteiger partial charge in [0.25, 0.3) is 0 Å². The van der Waals surface area contributed by atoms with Crippen LogP contribution >= 0.6 is 12.4 Å². The number of amides is 2. The molecule has 0 saturated carbocycles. The first-order valence-corrected chi connectivity index (χ1v) is 9.07. The molecule has 7 heteroatoms. The third-order valence-corrected chi connectivity index (χ3v) is 3.96. The maximum atomic E-state index is 12.0. The molecule has 2 rings (SSSR count). The number of para-hydroxylation sites is 1. The molecule has 3 N–H and O–H groups in total. The second kappa shape index (κ2) is 12.8. The maximum Gasteiger partial charge on any atom is 0.234 e. The number of rotatable bonds is 10. The Bertz CT molecular complexity index is 751. The van der Waals surface area contributed by atoms with Gasteiger partial charge in [-0.2, -0.15) is 0 Å². The molecule has 0 unspecified atom stereocenters. The van der Waals surface area contributed by atoms with Crippen molar-refractivity contribution < 1.29 is 14.3 Å². The molecule has 0 aliphatic rings. The average molecular weight is 406 g/mol. The van der Waals surface area contributed by atoms with Gasteiger partial charge in [0.05, 0.1) is 13.2 Å². The van der Waals surface area contributed by atoms with Crippen LogP contribution in [0.5, 0.6) is 5.75 Å². The predicted molar refractivity (Wildman–Crippen MR) is 114 cm³/mol. The van der Waals surface area contributed by atoms with Crippen LogP contribution in [-0.4, -0.2) is 32.0 Å². The first-order chi connectivity index (χ1) is 13.1. The van der Waals surface area contributed by atoms with Gasteiger partial charge >= 0.3 is 0 Å². The smallest absolute Gasteiger partial charge is 0.234 e. The van der Waals surface area contributed by atoms with Gasteiger partial charge in [-0.1, -0.05) is 30.3 Å². The Morgan fingerprint density at radius 2 is 1.71 bits per heavy atom. The van der Waals surface area contributed by atoms with Crippen molar-refractivity contribution >= 4 is 29.9 Å². The summed E-state index contributed by atoms with van der Waals surface area (Å²) < 4.78 is 5.70. The molecule has 0 aliphatic heterocycles. The number of halogens is 1. The van der Waals surface area contributed by atoms with E-state index in [2.05, 4.69) is 16.0 Å². The van der Waals surface area contributed by atoms with Gasteiger partial charge in [0.15, 0.2) is 0 Å². The van der Waals surface area contributed by atoms with Gasteiger partial charge in [-0.05, 0) is 49.7 Å². The molecule has 0 atom stereocenters. The minimum atomic E-state index is -0.0530. The Balaban J connectivity index is 0.00000392. The van der Waals surface area contributed by atoms with Crippen molar-refractivity contribution in [1.29, 1.82) is 0 Å². The Hall–Kier alpha value is -2.57. The third kappa shape index (κ3) is 8.41. The fraction of sp³-hybridized carbons (Fsp3) is 0.333. The summed E-state index contributed by atoms with van der Waals surface area (Å²) in [5.41, 5.74) is 2.80. The molecule has 0 saturated heterocycles. The average Bonchev–Trinajstić information content (AvgIpc) is 2.66. The molecule has 2 aromatic rings. The summed E-state index contributed by atoms with van der Waals surface area (Å²) in [6, 6.07) is 15.3. The minimum absolute atomic E-state index is 0. The Labute approximate surface area is 172 Å². The van der Waals surface area contributed by atoms with Crippen molar-refractivity contribution in [2.45, 2.75) is 26.3 Å². The lowest BCUT2D eigenvalue weighted by molar-refractivity contribution is -0.120. The van der Waals surface area contributed by atoms with Crippen LogP contribution < -0.4 is 20.7 Å². The lowest BCUT2D eigenvalue weighted by Gasteiger charge is -2.09. The number of hydrogen-bond acceptors (Lipinski definition) is 4. The summed E-state index contributed by atoms with van der Waals surface area (Å²) in [4.78, 5) is 23.5. The standard InChI is InChI=1S/C21H27N3O3.ClH/c1-16-6-3-4-7-19(16)27-13-5-8-20(25)24-18-11-9-17(10-12-18)14-23-21(26)15-22-2;/h3-4,6-7,9-12,22H,5,8,13-15H2,1-2H3,(H,23,26)(H,24,25);1H. The van der Waals surface area contributed by atoms with Crippen LogP contribution in [0.1, 0.15) is 24.0 Å². The zero-order valence-electron chi connectivity index (χ0n) is 16.3. The molecule has 0 bridgehead atoms. The van der Waals surface area contributed by atoms with Gasteiger partial charge in [0, 0.05) is 18.7 Å². The summed E-state index contributed by atoms with van der Waals surface area (Å²) >= 11 is 0. The highest BCUT2D eigenvalue weighted by atomic mass is 35.5. The van der Waals surface area contributed by atoms with Crippen molar-refractivity contribution in [3.63, 3.8) is 0 Å². The van der Waals surface area contributed by atoms with Gasteiger partial charge < -0.3 is 20.7 Å². The highest BCUT2D eigenvalue weighted by Gasteiger charge is 2.04. The Morgan fingerprint density at radius 3 is 2.39 bits per heavy atom. The van der Waals surface area contributed by atoms with E-state index in [-0.39, 0.29) is 24.2 Å². The number of carbonyl (C=O) groups excluding carboxylic acids is 2. The normalized spacial score (nSPS) is 9.93. The minimum Gasteiger partial charge on any atom is -0.493 e. The third-order valence-electron chi connectivity index (χ3n) is 3.96. The van der Waals surface area contributed by atoms with Gasteiger partial charge in [0.1, 0.15) is 5.75 Å². The van der Waals surface area contributed by atoms with E-state index in [0.717, 1.165) is 22.6 Å². The highest BCUT2D eigenvalue weighted by Crippen LogP contribution is 2.16. The van der Waals surface area contributed by atoms with Crippen molar-refractivity contribution in [2.75, 3.05) is 25.5 Å². The van der Waals surface area contributed by atoms with E-state index in [1.165, 1.54) is 0 Å². The molecule has 0 aliphatic carbocycles. The molecule has 0 fully saturated rings. The molecule has 0 heterocycles. The number of nitrogens with one attached hydrogen (secondary N) is 3. The molecule has 28 heavy (non-hydrogen) atoms. The van der Waals surface area contributed by atoms with Crippen LogP contribution in [0, 0.1) is 6.92 Å². The molecule has 0 radical (unpaired) electrons. The van der Waals surface area contributed by atoms with Crippen molar-refractivity contribution in [3.05, 3.63) is 59.7 Å². The topological polar surface area (TPSA) is 79.5 Å². The van der Waals surface area contributed by atoms with E-state index in [1.807, 2.05) is 55.5 Å². The Morgan fingerprint density at radius 1 is 1.00 bits per heavy atom. The van der Waals surface area contributed by atoms with Gasteiger partial charge in [0.2, 0.25) is 11.8 Å². The zero-order valence-corrected chi connectivity index (χ0v) is 17.1. The fourth-order valence-corrected chi connectivity index (χ4v) is 2.49. The van der Waals surface area contributed by atoms with E-state index in [0.29, 0.717) is 32.5 Å². The van der Waals surface area contributed by atoms with Crippen molar-refractivity contribution in [1.82, 2.24) is 10.6 Å². The fourth-order valence-electron chi connectivity index (χ4n) is 2.49. The zero-order chi connectivity index (χ0) is 19.5. The molecular formula is C21H28ClN3O3. The van der Waals surface area contributed by atoms with E-state index in [1.54, 1.807) is 7.05 Å². The highest BCUT2D eigenvalue weighted by molar-refractivity contribution is 5.90. The molecule has 2 aromatic carbocycles. The van der Waals surface area contributed by atoms with Crippen molar-refractivity contribution in [3.8, 4) is 5.75 Å². The molecule has 6 nitrogen and oxygen atoms in total. The van der Waals surface area contributed by atoms with E-state index < -0.39 is 0 Å². The number of aryl methyl sites for hydroxylation is 1. The summed E-state index contributed by atoms with van der Waals surface area (Å²) in [6.45, 7) is 3.26. The van der Waals surface area contributed by atoms with Gasteiger partial charge in [-0.3, -0.25) is 9.59 Å². The van der Waals surface area contributed by atoms with Crippen LogP contribution in [0.15, 0.2) is 48.5 Å². The lowest BCUT2D eigenvalue weighted by Crippen LogP contribution is -2.31. The summed E-state index contributed by atoms with van der Waals surface area (Å²) in [5.74, 6) is 0.761. The van der Waals surface area contributed by atoms with Crippen LogP contribution in [0.2, 0.25) is 0 Å². The van der Waals surface area contributed by atoms with Crippen LogP contribution in [-0.2, 0) is 16.1 Å². The Kier molecular flexibility index (Phi) is 10.7. The van der Waals surface area contributed by atoms with Crippen LogP contribution in [0.25, 0.3) is 0 Å². The molecule has 152 valence electrons. The largest absolute Gasteiger partial charge is 0.493 e. The number of benzene rings is 2. The van der Waals surface area contributed by atoms with E-state index in [4.69, 9.17) is 4.74 Å². The van der Waals surface area contributed by atoms with Gasteiger partial charge in [-0.15, -0.1) is 12.4 Å². The number of carbonyl (C=O) groups is 2.